The third-order valence-corrected chi connectivity index (χ3v) is 4.26. The van der Waals surface area contributed by atoms with Crippen molar-refractivity contribution in [2.45, 2.75) is 18.4 Å². The molecule has 0 bridgehead atoms. The van der Waals surface area contributed by atoms with E-state index in [0.717, 1.165) is 17.5 Å². The summed E-state index contributed by atoms with van der Waals surface area (Å²) in [6.45, 7) is 2.31. The highest BCUT2D eigenvalue weighted by atomic mass is 32.2. The Kier molecular flexibility index (Phi) is 4.41. The number of benzene rings is 1. The van der Waals surface area contributed by atoms with Gasteiger partial charge in [0.2, 0.25) is 0 Å². The fraction of sp³-hybridized carbons (Fsp3) is 0.214. The number of sulfone groups is 1. The van der Waals surface area contributed by atoms with Crippen LogP contribution in [-0.4, -0.2) is 24.6 Å². The number of nitrogens with one attached hydrogen (secondary N) is 1. The van der Waals surface area contributed by atoms with Gasteiger partial charge in [0, 0.05) is 24.2 Å². The fourth-order valence-corrected chi connectivity index (χ4v) is 2.82. The number of hydrogen-bond acceptors (Lipinski definition) is 6. The van der Waals surface area contributed by atoms with Gasteiger partial charge in [0.1, 0.15) is 4.90 Å². The van der Waals surface area contributed by atoms with Gasteiger partial charge >= 0.3 is 0 Å². The molecule has 0 atom stereocenters. The maximum atomic E-state index is 11.7. The predicted molar refractivity (Wildman–Crippen MR) is 82.5 cm³/mol. The minimum atomic E-state index is -3.69. The van der Waals surface area contributed by atoms with Crippen molar-refractivity contribution in [2.24, 2.45) is 0 Å². The number of nitro groups is 1. The highest BCUT2D eigenvalue weighted by molar-refractivity contribution is 7.90. The summed E-state index contributed by atoms with van der Waals surface area (Å²) in [6, 6.07) is 7.68. The number of rotatable bonds is 5. The Hall–Kier alpha value is -2.48. The lowest BCUT2D eigenvalue weighted by molar-refractivity contribution is -0.387. The van der Waals surface area contributed by atoms with Crippen molar-refractivity contribution in [3.05, 3.63) is 57.9 Å². The van der Waals surface area contributed by atoms with Crippen molar-refractivity contribution in [3.63, 3.8) is 0 Å². The molecule has 0 aliphatic carbocycles. The normalized spacial score (nSPS) is 11.2. The number of aromatic nitrogens is 1. The predicted octanol–water partition coefficient (Wildman–Crippen LogP) is 2.31. The molecular weight excluding hydrogens is 306 g/mol. The highest BCUT2D eigenvalue weighted by Gasteiger charge is 2.22. The third kappa shape index (κ3) is 3.59. The number of nitro benzene ring substituents is 1. The van der Waals surface area contributed by atoms with Crippen molar-refractivity contribution >= 4 is 21.2 Å². The summed E-state index contributed by atoms with van der Waals surface area (Å²) in [5.41, 5.74) is 1.88. The number of hydrogen-bond donors (Lipinski definition) is 1. The molecule has 1 aromatic carbocycles. The summed E-state index contributed by atoms with van der Waals surface area (Å²) < 4.78 is 23.4. The first-order valence-corrected chi connectivity index (χ1v) is 8.31. The molecule has 0 aliphatic rings. The van der Waals surface area contributed by atoms with Crippen LogP contribution in [-0.2, 0) is 16.4 Å². The van der Waals surface area contributed by atoms with Gasteiger partial charge in [0.25, 0.3) is 5.69 Å². The monoisotopic (exact) mass is 321 g/mol. The molecule has 1 N–H and O–H groups in total. The largest absolute Gasteiger partial charge is 0.379 e. The molecule has 1 aromatic heterocycles. The van der Waals surface area contributed by atoms with Gasteiger partial charge in [-0.1, -0.05) is 6.07 Å². The second-order valence-corrected chi connectivity index (χ2v) is 6.82. The van der Waals surface area contributed by atoms with Gasteiger partial charge in [-0.25, -0.2) is 8.42 Å². The van der Waals surface area contributed by atoms with Crippen LogP contribution in [0.25, 0.3) is 0 Å². The van der Waals surface area contributed by atoms with Crippen molar-refractivity contribution in [1.82, 2.24) is 4.98 Å². The Morgan fingerprint density at radius 2 is 2.05 bits per heavy atom. The molecule has 1 heterocycles. The first-order valence-electron chi connectivity index (χ1n) is 6.42. The molecule has 0 radical (unpaired) electrons. The van der Waals surface area contributed by atoms with Gasteiger partial charge in [-0.05, 0) is 30.7 Å². The lowest BCUT2D eigenvalue weighted by Gasteiger charge is -2.09. The van der Waals surface area contributed by atoms with Crippen LogP contribution in [0.3, 0.4) is 0 Å². The molecule has 0 unspecified atom stereocenters. The van der Waals surface area contributed by atoms with Gasteiger partial charge in [0.15, 0.2) is 9.84 Å². The van der Waals surface area contributed by atoms with Crippen LogP contribution in [0.4, 0.5) is 11.4 Å². The molecule has 7 nitrogen and oxygen atoms in total. The van der Waals surface area contributed by atoms with E-state index in [9.17, 15) is 18.5 Å². The van der Waals surface area contributed by atoms with Crippen molar-refractivity contribution in [1.29, 1.82) is 0 Å². The van der Waals surface area contributed by atoms with Gasteiger partial charge < -0.3 is 5.32 Å². The molecule has 2 aromatic rings. The van der Waals surface area contributed by atoms with E-state index in [2.05, 4.69) is 10.3 Å². The first kappa shape index (κ1) is 15.9. The molecule has 0 saturated carbocycles. The molecule has 0 fully saturated rings. The first-order chi connectivity index (χ1) is 10.3. The van der Waals surface area contributed by atoms with Crippen LogP contribution in [0.15, 0.2) is 41.4 Å². The standard InChI is InChI=1S/C14H15N3O4S/c1-10-4-3-7-15-12(10)9-16-11-5-6-13(17(18)19)14(8-11)22(2,20)21/h3-8,16H,9H2,1-2H3. The molecule has 116 valence electrons. The second-order valence-electron chi connectivity index (χ2n) is 4.83. The molecular formula is C14H15N3O4S. The molecule has 0 saturated heterocycles. The van der Waals surface area contributed by atoms with E-state index in [-0.39, 0.29) is 4.90 Å². The van der Waals surface area contributed by atoms with E-state index in [1.54, 1.807) is 6.20 Å². The van der Waals surface area contributed by atoms with Crippen LogP contribution >= 0.6 is 0 Å². The fourth-order valence-electron chi connectivity index (χ4n) is 1.96. The Morgan fingerprint density at radius 3 is 2.64 bits per heavy atom. The number of anilines is 1. The summed E-state index contributed by atoms with van der Waals surface area (Å²) in [5, 5.41) is 13.9. The molecule has 2 rings (SSSR count). The smallest absolute Gasteiger partial charge is 0.288 e. The van der Waals surface area contributed by atoms with E-state index >= 15 is 0 Å². The van der Waals surface area contributed by atoms with Gasteiger partial charge in [-0.3, -0.25) is 15.1 Å². The summed E-state index contributed by atoms with van der Waals surface area (Å²) in [5.74, 6) is 0. The SMILES string of the molecule is Cc1cccnc1CNc1ccc([N+](=O)[O-])c(S(C)(=O)=O)c1. The van der Waals surface area contributed by atoms with Gasteiger partial charge in [-0.15, -0.1) is 0 Å². The molecule has 22 heavy (non-hydrogen) atoms. The number of nitrogens with zero attached hydrogens (tertiary/aromatic N) is 2. The molecule has 0 aliphatic heterocycles. The quantitative estimate of drug-likeness (QED) is 0.669. The number of aryl methyl sites for hydroxylation is 1. The minimum Gasteiger partial charge on any atom is -0.379 e. The topological polar surface area (TPSA) is 102 Å². The Bertz CT molecular complexity index is 819. The van der Waals surface area contributed by atoms with E-state index in [1.807, 2.05) is 19.1 Å². The van der Waals surface area contributed by atoms with Crippen LogP contribution in [0.1, 0.15) is 11.3 Å². The summed E-state index contributed by atoms with van der Waals surface area (Å²) >= 11 is 0. The van der Waals surface area contributed by atoms with E-state index in [0.29, 0.717) is 12.2 Å². The average Bonchev–Trinajstić information content (AvgIpc) is 2.45. The van der Waals surface area contributed by atoms with Crippen LogP contribution in [0.5, 0.6) is 0 Å². The molecule has 8 heteroatoms. The third-order valence-electron chi connectivity index (χ3n) is 3.13. The Morgan fingerprint density at radius 1 is 1.32 bits per heavy atom. The van der Waals surface area contributed by atoms with Gasteiger partial charge in [0.05, 0.1) is 17.2 Å². The zero-order chi connectivity index (χ0) is 16.3. The van der Waals surface area contributed by atoms with E-state index in [1.165, 1.54) is 18.2 Å². The maximum Gasteiger partial charge on any atom is 0.288 e. The van der Waals surface area contributed by atoms with Crippen molar-refractivity contribution < 1.29 is 13.3 Å². The Labute approximate surface area is 128 Å². The van der Waals surface area contributed by atoms with E-state index < -0.39 is 20.4 Å². The molecule has 0 spiro atoms. The molecule has 0 amide bonds. The van der Waals surface area contributed by atoms with E-state index in [4.69, 9.17) is 0 Å². The zero-order valence-corrected chi connectivity index (χ0v) is 12.9. The summed E-state index contributed by atoms with van der Waals surface area (Å²) in [4.78, 5) is 14.1. The number of pyridine rings is 1. The maximum absolute atomic E-state index is 11.7. The average molecular weight is 321 g/mol. The van der Waals surface area contributed by atoms with Gasteiger partial charge in [-0.2, -0.15) is 0 Å². The Balaban J connectivity index is 2.30. The highest BCUT2D eigenvalue weighted by Crippen LogP contribution is 2.27. The minimum absolute atomic E-state index is 0.305. The summed E-state index contributed by atoms with van der Waals surface area (Å²) in [6.07, 6.45) is 2.61. The lowest BCUT2D eigenvalue weighted by atomic mass is 10.2. The van der Waals surface area contributed by atoms with Crippen LogP contribution in [0.2, 0.25) is 0 Å². The second kappa shape index (κ2) is 6.10. The van der Waals surface area contributed by atoms with Crippen molar-refractivity contribution in [3.8, 4) is 0 Å². The van der Waals surface area contributed by atoms with Crippen LogP contribution < -0.4 is 5.32 Å². The lowest BCUT2D eigenvalue weighted by Crippen LogP contribution is -2.06. The summed E-state index contributed by atoms with van der Waals surface area (Å²) in [7, 11) is -3.69. The van der Waals surface area contributed by atoms with Crippen LogP contribution in [0, 0.1) is 17.0 Å². The van der Waals surface area contributed by atoms with Crippen molar-refractivity contribution in [2.75, 3.05) is 11.6 Å². The zero-order valence-electron chi connectivity index (χ0n) is 12.1.